The summed E-state index contributed by atoms with van der Waals surface area (Å²) in [6.45, 7) is 5.85. The van der Waals surface area contributed by atoms with E-state index in [1.807, 2.05) is 13.0 Å². The molecule has 0 amide bonds. The van der Waals surface area contributed by atoms with Gasteiger partial charge < -0.3 is 15.0 Å². The van der Waals surface area contributed by atoms with Crippen LogP contribution in [0.4, 0.5) is 5.82 Å². The van der Waals surface area contributed by atoms with Crippen molar-refractivity contribution in [2.24, 2.45) is 0 Å². The van der Waals surface area contributed by atoms with E-state index in [0.29, 0.717) is 6.61 Å². The summed E-state index contributed by atoms with van der Waals surface area (Å²) >= 11 is 0. The molecule has 0 atom stereocenters. The molecule has 1 saturated heterocycles. The minimum Gasteiger partial charge on any atom is -0.478 e. The molecule has 0 radical (unpaired) electrons. The first kappa shape index (κ1) is 13.7. The molecule has 1 N–H and O–H groups in total. The van der Waals surface area contributed by atoms with Crippen molar-refractivity contribution in [1.82, 2.24) is 10.3 Å². The average molecular weight is 275 g/mol. The van der Waals surface area contributed by atoms with Crippen molar-refractivity contribution in [3.05, 3.63) is 18.2 Å². The maximum absolute atomic E-state index is 5.56. The van der Waals surface area contributed by atoms with Crippen molar-refractivity contribution in [2.45, 2.75) is 44.6 Å². The van der Waals surface area contributed by atoms with Crippen molar-refractivity contribution in [2.75, 3.05) is 31.1 Å². The normalized spacial score (nSPS) is 21.9. The van der Waals surface area contributed by atoms with Crippen LogP contribution in [-0.4, -0.2) is 36.8 Å². The van der Waals surface area contributed by atoms with Gasteiger partial charge >= 0.3 is 0 Å². The number of anilines is 1. The molecule has 110 valence electrons. The van der Waals surface area contributed by atoms with Crippen LogP contribution in [0.3, 0.4) is 0 Å². The lowest BCUT2D eigenvalue weighted by Gasteiger charge is -2.50. The summed E-state index contributed by atoms with van der Waals surface area (Å²) in [6, 6.07) is 6.14. The van der Waals surface area contributed by atoms with Gasteiger partial charge in [0.25, 0.3) is 0 Å². The van der Waals surface area contributed by atoms with Gasteiger partial charge in [0.1, 0.15) is 5.82 Å². The second kappa shape index (κ2) is 6.00. The SMILES string of the molecule is CCOc1cccc(N2CCNCC23CCCCC3)n1. The Balaban J connectivity index is 1.87. The van der Waals surface area contributed by atoms with Crippen molar-refractivity contribution >= 4 is 5.82 Å². The van der Waals surface area contributed by atoms with Gasteiger partial charge in [-0.15, -0.1) is 0 Å². The Hall–Kier alpha value is -1.29. The van der Waals surface area contributed by atoms with E-state index in [0.717, 1.165) is 31.3 Å². The van der Waals surface area contributed by atoms with Crippen LogP contribution in [0.25, 0.3) is 0 Å². The van der Waals surface area contributed by atoms with Gasteiger partial charge in [0.15, 0.2) is 0 Å². The summed E-state index contributed by atoms with van der Waals surface area (Å²) in [4.78, 5) is 7.24. The fourth-order valence-electron chi connectivity index (χ4n) is 3.64. The molecule has 3 rings (SSSR count). The maximum Gasteiger partial charge on any atom is 0.215 e. The molecule has 1 aromatic heterocycles. The van der Waals surface area contributed by atoms with Gasteiger partial charge in [-0.05, 0) is 25.8 Å². The van der Waals surface area contributed by atoms with Gasteiger partial charge in [-0.2, -0.15) is 4.98 Å². The smallest absolute Gasteiger partial charge is 0.215 e. The Morgan fingerprint density at radius 2 is 2.15 bits per heavy atom. The largest absolute Gasteiger partial charge is 0.478 e. The Morgan fingerprint density at radius 3 is 2.95 bits per heavy atom. The standard InChI is InChI=1S/C16H25N3O/c1-2-20-15-8-6-7-14(18-15)19-12-11-17-13-16(19)9-4-3-5-10-16/h6-8,17H,2-5,9-13H2,1H3. The molecule has 0 bridgehead atoms. The number of hydrogen-bond acceptors (Lipinski definition) is 4. The molecule has 20 heavy (non-hydrogen) atoms. The van der Waals surface area contributed by atoms with Gasteiger partial charge in [-0.3, -0.25) is 0 Å². The van der Waals surface area contributed by atoms with E-state index in [2.05, 4.69) is 22.3 Å². The van der Waals surface area contributed by atoms with E-state index in [1.165, 1.54) is 32.1 Å². The molecule has 1 aliphatic heterocycles. The van der Waals surface area contributed by atoms with Crippen LogP contribution in [-0.2, 0) is 0 Å². The van der Waals surface area contributed by atoms with Gasteiger partial charge in [0.05, 0.1) is 12.1 Å². The highest BCUT2D eigenvalue weighted by Crippen LogP contribution is 2.37. The average Bonchev–Trinajstić information content (AvgIpc) is 2.49. The Morgan fingerprint density at radius 1 is 1.30 bits per heavy atom. The third kappa shape index (κ3) is 2.62. The van der Waals surface area contributed by atoms with Crippen LogP contribution < -0.4 is 15.0 Å². The molecular weight excluding hydrogens is 250 g/mol. The molecule has 2 heterocycles. The summed E-state index contributed by atoms with van der Waals surface area (Å²) in [5.41, 5.74) is 0.272. The molecule has 1 aliphatic carbocycles. The lowest BCUT2D eigenvalue weighted by Crippen LogP contribution is -2.62. The van der Waals surface area contributed by atoms with E-state index >= 15 is 0 Å². The Bertz CT molecular complexity index is 435. The lowest BCUT2D eigenvalue weighted by molar-refractivity contribution is 0.239. The zero-order valence-electron chi connectivity index (χ0n) is 12.4. The first-order valence-corrected chi connectivity index (χ1v) is 7.92. The number of ether oxygens (including phenoxy) is 1. The Labute approximate surface area is 121 Å². The third-order valence-electron chi connectivity index (χ3n) is 4.60. The molecule has 4 heteroatoms. The second-order valence-corrected chi connectivity index (χ2v) is 5.88. The Kier molecular flexibility index (Phi) is 4.10. The molecule has 1 aromatic rings. The van der Waals surface area contributed by atoms with E-state index < -0.39 is 0 Å². The topological polar surface area (TPSA) is 37.4 Å². The van der Waals surface area contributed by atoms with Crippen molar-refractivity contribution in [3.63, 3.8) is 0 Å². The van der Waals surface area contributed by atoms with Gasteiger partial charge in [-0.1, -0.05) is 25.3 Å². The highest BCUT2D eigenvalue weighted by molar-refractivity contribution is 5.45. The van der Waals surface area contributed by atoms with E-state index in [1.54, 1.807) is 0 Å². The van der Waals surface area contributed by atoms with Crippen LogP contribution >= 0.6 is 0 Å². The van der Waals surface area contributed by atoms with Crippen LogP contribution in [0.5, 0.6) is 5.88 Å². The summed E-state index contributed by atoms with van der Waals surface area (Å²) in [6.07, 6.45) is 6.61. The third-order valence-corrected chi connectivity index (χ3v) is 4.60. The number of piperazine rings is 1. The first-order valence-electron chi connectivity index (χ1n) is 7.92. The maximum atomic E-state index is 5.56. The van der Waals surface area contributed by atoms with Crippen LogP contribution in [0.1, 0.15) is 39.0 Å². The monoisotopic (exact) mass is 275 g/mol. The fourth-order valence-corrected chi connectivity index (χ4v) is 3.64. The summed E-state index contributed by atoms with van der Waals surface area (Å²) < 4.78 is 5.56. The predicted molar refractivity (Wildman–Crippen MR) is 81.4 cm³/mol. The lowest BCUT2D eigenvalue weighted by atomic mass is 9.79. The minimum absolute atomic E-state index is 0.272. The number of nitrogens with one attached hydrogen (secondary N) is 1. The zero-order chi connectivity index (χ0) is 13.8. The molecule has 4 nitrogen and oxygen atoms in total. The van der Waals surface area contributed by atoms with Gasteiger partial charge in [-0.25, -0.2) is 0 Å². The number of pyridine rings is 1. The summed E-state index contributed by atoms with van der Waals surface area (Å²) in [7, 11) is 0. The molecule has 0 unspecified atom stereocenters. The molecule has 2 aliphatic rings. The molecular formula is C16H25N3O. The zero-order valence-corrected chi connectivity index (χ0v) is 12.4. The van der Waals surface area contributed by atoms with Crippen molar-refractivity contribution in [3.8, 4) is 5.88 Å². The van der Waals surface area contributed by atoms with Crippen LogP contribution in [0, 0.1) is 0 Å². The molecule has 2 fully saturated rings. The van der Waals surface area contributed by atoms with Crippen molar-refractivity contribution < 1.29 is 4.74 Å². The number of nitrogens with zero attached hydrogens (tertiary/aromatic N) is 2. The van der Waals surface area contributed by atoms with E-state index in [4.69, 9.17) is 9.72 Å². The predicted octanol–water partition coefficient (Wildman–Crippen LogP) is 2.59. The van der Waals surface area contributed by atoms with Crippen molar-refractivity contribution in [1.29, 1.82) is 0 Å². The van der Waals surface area contributed by atoms with E-state index in [9.17, 15) is 0 Å². The number of hydrogen-bond donors (Lipinski definition) is 1. The quantitative estimate of drug-likeness (QED) is 0.920. The number of aromatic nitrogens is 1. The van der Waals surface area contributed by atoms with Gasteiger partial charge in [0.2, 0.25) is 5.88 Å². The van der Waals surface area contributed by atoms with E-state index in [-0.39, 0.29) is 5.54 Å². The summed E-state index contributed by atoms with van der Waals surface area (Å²) in [5, 5.41) is 3.58. The first-order chi connectivity index (χ1) is 9.84. The highest BCUT2D eigenvalue weighted by Gasteiger charge is 2.40. The second-order valence-electron chi connectivity index (χ2n) is 5.88. The molecule has 0 aromatic carbocycles. The molecule has 1 spiro atoms. The van der Waals surface area contributed by atoms with Crippen LogP contribution in [0.2, 0.25) is 0 Å². The van der Waals surface area contributed by atoms with Crippen LogP contribution in [0.15, 0.2) is 18.2 Å². The molecule has 1 saturated carbocycles. The summed E-state index contributed by atoms with van der Waals surface area (Å²) in [5.74, 6) is 1.83. The highest BCUT2D eigenvalue weighted by atomic mass is 16.5. The van der Waals surface area contributed by atoms with Gasteiger partial charge in [0, 0.05) is 25.7 Å². The number of rotatable bonds is 3. The fraction of sp³-hybridized carbons (Fsp3) is 0.688. The minimum atomic E-state index is 0.272.